The number of allylic oxidation sites excluding steroid dienone is 4. The lowest BCUT2D eigenvalue weighted by Crippen LogP contribution is -2.37. The number of nitrogens with one attached hydrogen (secondary N) is 1. The maximum Gasteiger partial charge on any atom is 0.295 e. The summed E-state index contributed by atoms with van der Waals surface area (Å²) >= 11 is 0. The molecule has 1 fully saturated rings. The van der Waals surface area contributed by atoms with Crippen LogP contribution in [0.2, 0.25) is 0 Å². The molecule has 208 valence electrons. The highest BCUT2D eigenvalue weighted by atomic mass is 19.2. The number of carbonyl (C=O) groups excluding carboxylic acids is 1. The Kier molecular flexibility index (Phi) is 7.42. The topological polar surface area (TPSA) is 108 Å². The third kappa shape index (κ3) is 5.21. The van der Waals surface area contributed by atoms with E-state index in [1.165, 1.54) is 18.5 Å². The first-order chi connectivity index (χ1) is 19.2. The summed E-state index contributed by atoms with van der Waals surface area (Å²) in [6, 6.07) is 3.25. The third-order valence-electron chi connectivity index (χ3n) is 6.99. The highest BCUT2D eigenvalue weighted by Crippen LogP contribution is 2.37. The van der Waals surface area contributed by atoms with Gasteiger partial charge >= 0.3 is 0 Å². The lowest BCUT2D eigenvalue weighted by atomic mass is 9.86. The number of ether oxygens (including phenoxy) is 1. The minimum Gasteiger partial charge on any atom is -0.455 e. The molecule has 0 radical (unpaired) electrons. The predicted molar refractivity (Wildman–Crippen MR) is 136 cm³/mol. The largest absolute Gasteiger partial charge is 0.455 e. The van der Waals surface area contributed by atoms with Crippen LogP contribution in [0.4, 0.5) is 27.8 Å². The molecule has 0 bridgehead atoms. The van der Waals surface area contributed by atoms with Crippen LogP contribution in [0.5, 0.6) is 5.75 Å². The Bertz CT molecular complexity index is 1570. The molecule has 0 aliphatic heterocycles. The number of halogens is 5. The smallest absolute Gasteiger partial charge is 0.295 e. The van der Waals surface area contributed by atoms with Crippen molar-refractivity contribution in [3.05, 3.63) is 53.8 Å². The summed E-state index contributed by atoms with van der Waals surface area (Å²) in [5.74, 6) is -3.94. The van der Waals surface area contributed by atoms with Crippen LogP contribution >= 0.6 is 0 Å². The Morgan fingerprint density at radius 3 is 2.62 bits per heavy atom. The molecule has 8 nitrogen and oxygen atoms in total. The van der Waals surface area contributed by atoms with Crippen molar-refractivity contribution in [1.29, 1.82) is 0 Å². The van der Waals surface area contributed by atoms with Crippen LogP contribution in [-0.4, -0.2) is 44.0 Å². The predicted octanol–water partition coefficient (Wildman–Crippen LogP) is 4.63. The number of alkyl halides is 2. The maximum absolute atomic E-state index is 15.3. The van der Waals surface area contributed by atoms with Crippen LogP contribution in [0.25, 0.3) is 22.3 Å². The molecule has 2 aliphatic rings. The van der Waals surface area contributed by atoms with Gasteiger partial charge in [-0.3, -0.25) is 4.79 Å². The zero-order valence-corrected chi connectivity index (χ0v) is 20.9. The number of terminal acetylenes is 1. The number of hydrogen-bond acceptors (Lipinski definition) is 6. The van der Waals surface area contributed by atoms with Crippen LogP contribution in [-0.2, 0) is 11.3 Å². The van der Waals surface area contributed by atoms with Crippen molar-refractivity contribution < 1.29 is 31.5 Å². The maximum atomic E-state index is 15.3. The molecular weight excluding hydrogens is 535 g/mol. The van der Waals surface area contributed by atoms with E-state index in [4.69, 9.17) is 16.9 Å². The first-order valence-electron chi connectivity index (χ1n) is 12.4. The van der Waals surface area contributed by atoms with Crippen LogP contribution in [0.3, 0.4) is 0 Å². The van der Waals surface area contributed by atoms with Crippen LogP contribution in [0.15, 0.2) is 48.0 Å². The second-order valence-corrected chi connectivity index (χ2v) is 9.61. The van der Waals surface area contributed by atoms with E-state index in [9.17, 15) is 22.4 Å². The van der Waals surface area contributed by atoms with Crippen LogP contribution in [0, 0.1) is 24.1 Å². The van der Waals surface area contributed by atoms with Crippen molar-refractivity contribution in [3.8, 4) is 29.4 Å². The molecule has 1 amide bonds. The van der Waals surface area contributed by atoms with Gasteiger partial charge in [-0.2, -0.15) is 9.49 Å². The molecule has 2 aliphatic carbocycles. The number of carbonyl (C=O) groups is 1. The standard InChI is InChI=1S/C27H23F5N6O2/c1-2-20(39)36-14-5-3-13(4-6-14)11-38-27-21(26(33)34-12-35-27)24(37-38)16-8-7-15(9-17(16)28)40-25-22(31)18(29)10-19(30)23(25)32/h1,7-10,12-14,18,22H,3-6,11H2,(H,36,39)(H2,33,34,35). The summed E-state index contributed by atoms with van der Waals surface area (Å²) in [6.45, 7) is 0.445. The Hall–Kier alpha value is -4.47. The minimum atomic E-state index is -2.59. The summed E-state index contributed by atoms with van der Waals surface area (Å²) < 4.78 is 77.3. The lowest BCUT2D eigenvalue weighted by molar-refractivity contribution is -0.116. The summed E-state index contributed by atoms with van der Waals surface area (Å²) in [4.78, 5) is 19.8. The van der Waals surface area contributed by atoms with Crippen LogP contribution < -0.4 is 15.8 Å². The quantitative estimate of drug-likeness (QED) is 0.338. The number of nitrogen functional groups attached to an aromatic ring is 1. The SMILES string of the molecule is C#CC(=O)NC1CCC(Cn2nc(-c3ccc(OC4=C(F)C(F)=CC(F)C4F)cc3F)c3c(N)ncnc32)CC1. The van der Waals surface area contributed by atoms with Gasteiger partial charge in [-0.15, -0.1) is 6.42 Å². The summed E-state index contributed by atoms with van der Waals surface area (Å²) in [6.07, 6.45) is 4.54. The molecular formula is C27H23F5N6O2. The molecule has 40 heavy (non-hydrogen) atoms. The summed E-state index contributed by atoms with van der Waals surface area (Å²) in [5.41, 5.74) is 6.60. The average Bonchev–Trinajstić information content (AvgIpc) is 3.30. The van der Waals surface area contributed by atoms with E-state index >= 15 is 4.39 Å². The molecule has 2 unspecified atom stereocenters. The van der Waals surface area contributed by atoms with Gasteiger partial charge < -0.3 is 15.8 Å². The van der Waals surface area contributed by atoms with E-state index in [0.29, 0.717) is 17.6 Å². The van der Waals surface area contributed by atoms with Crippen molar-refractivity contribution in [2.24, 2.45) is 5.92 Å². The van der Waals surface area contributed by atoms with Gasteiger partial charge in [0.2, 0.25) is 0 Å². The van der Waals surface area contributed by atoms with E-state index in [2.05, 4.69) is 20.4 Å². The van der Waals surface area contributed by atoms with E-state index < -0.39 is 41.5 Å². The minimum absolute atomic E-state index is 0.00801. The first-order valence-corrected chi connectivity index (χ1v) is 12.4. The molecule has 5 rings (SSSR count). The second-order valence-electron chi connectivity index (χ2n) is 9.61. The number of aromatic nitrogens is 4. The van der Waals surface area contributed by atoms with Crippen LogP contribution in [0.1, 0.15) is 25.7 Å². The number of hydrogen-bond donors (Lipinski definition) is 2. The molecule has 0 spiro atoms. The van der Waals surface area contributed by atoms with Gasteiger partial charge in [-0.1, -0.05) is 0 Å². The summed E-state index contributed by atoms with van der Waals surface area (Å²) in [7, 11) is 0. The van der Waals surface area contributed by atoms with E-state index in [-0.39, 0.29) is 40.9 Å². The van der Waals surface area contributed by atoms with Crippen molar-refractivity contribution in [2.75, 3.05) is 5.73 Å². The molecule has 2 atom stereocenters. The Morgan fingerprint density at radius 2 is 1.93 bits per heavy atom. The number of amides is 1. The molecule has 3 N–H and O–H groups in total. The van der Waals surface area contributed by atoms with E-state index in [0.717, 1.165) is 31.7 Å². The number of benzene rings is 1. The summed E-state index contributed by atoms with van der Waals surface area (Å²) in [5, 5.41) is 7.66. The van der Waals surface area contributed by atoms with Gasteiger partial charge in [0.1, 0.15) is 29.4 Å². The van der Waals surface area contributed by atoms with E-state index in [1.807, 2.05) is 5.92 Å². The van der Waals surface area contributed by atoms with Gasteiger partial charge in [-0.25, -0.2) is 32.2 Å². The molecule has 3 aromatic rings. The normalized spacial score (nSPS) is 23.1. The Morgan fingerprint density at radius 1 is 1.18 bits per heavy atom. The zero-order chi connectivity index (χ0) is 28.6. The average molecular weight is 559 g/mol. The van der Waals surface area contributed by atoms with Gasteiger partial charge in [0.25, 0.3) is 5.91 Å². The monoisotopic (exact) mass is 558 g/mol. The van der Waals surface area contributed by atoms with E-state index in [1.54, 1.807) is 4.68 Å². The van der Waals surface area contributed by atoms with Gasteiger partial charge in [-0.05, 0) is 55.7 Å². The zero-order valence-electron chi connectivity index (χ0n) is 20.9. The van der Waals surface area contributed by atoms with Crippen molar-refractivity contribution >= 4 is 22.8 Å². The lowest BCUT2D eigenvalue weighted by Gasteiger charge is -2.28. The fourth-order valence-electron chi connectivity index (χ4n) is 4.97. The Balaban J connectivity index is 1.40. The van der Waals surface area contributed by atoms with Gasteiger partial charge in [0, 0.05) is 24.2 Å². The highest BCUT2D eigenvalue weighted by Gasteiger charge is 2.35. The van der Waals surface area contributed by atoms with Gasteiger partial charge in [0.05, 0.1) is 5.39 Å². The third-order valence-corrected chi connectivity index (χ3v) is 6.99. The van der Waals surface area contributed by atoms with Gasteiger partial charge in [0.15, 0.2) is 35.4 Å². The molecule has 2 heterocycles. The molecule has 13 heteroatoms. The molecule has 2 aromatic heterocycles. The van der Waals surface area contributed by atoms with Crippen molar-refractivity contribution in [3.63, 3.8) is 0 Å². The number of fused-ring (bicyclic) bond motifs is 1. The fourth-order valence-corrected chi connectivity index (χ4v) is 4.97. The highest BCUT2D eigenvalue weighted by molar-refractivity contribution is 5.98. The fraction of sp³-hybridized carbons (Fsp3) is 0.333. The molecule has 0 saturated heterocycles. The number of anilines is 1. The first kappa shape index (κ1) is 27.1. The molecule has 1 aromatic carbocycles. The number of nitrogens with two attached hydrogens (primary N) is 1. The van der Waals surface area contributed by atoms with Crippen molar-refractivity contribution in [1.82, 2.24) is 25.1 Å². The second kappa shape index (κ2) is 11.0. The molecule has 1 saturated carbocycles. The number of rotatable bonds is 6. The Labute approximate surface area is 225 Å². The van der Waals surface area contributed by atoms with Crippen molar-refractivity contribution in [2.45, 2.75) is 50.6 Å². The number of nitrogens with zero attached hydrogens (tertiary/aromatic N) is 4.